The van der Waals surface area contributed by atoms with E-state index in [1.807, 2.05) is 26.0 Å². The molecule has 1 aromatic carbocycles. The highest BCUT2D eigenvalue weighted by Crippen LogP contribution is 2.25. The molecular formula is C14H14N3O2-. The summed E-state index contributed by atoms with van der Waals surface area (Å²) in [6.07, 6.45) is -0.553. The molecule has 1 N–H and O–H groups in total. The first-order valence-corrected chi connectivity index (χ1v) is 6.02. The summed E-state index contributed by atoms with van der Waals surface area (Å²) in [7, 11) is 0. The number of carboxylic acid groups (broad SMARTS) is 1. The summed E-state index contributed by atoms with van der Waals surface area (Å²) in [4.78, 5) is 19.5. The molecule has 0 bridgehead atoms. The molecule has 0 aliphatic carbocycles. The van der Waals surface area contributed by atoms with Crippen LogP contribution >= 0.6 is 0 Å². The van der Waals surface area contributed by atoms with Crippen molar-refractivity contribution in [3.63, 3.8) is 0 Å². The Morgan fingerprint density at radius 3 is 2.74 bits per heavy atom. The number of hydrogen-bond donors (Lipinski definition) is 1. The molecule has 0 fully saturated rings. The number of carbonyl (C=O) groups is 1. The van der Waals surface area contributed by atoms with Crippen molar-refractivity contribution in [2.24, 2.45) is 0 Å². The van der Waals surface area contributed by atoms with E-state index in [-0.39, 0.29) is 0 Å². The normalized spacial score (nSPS) is 10.2. The van der Waals surface area contributed by atoms with Crippen molar-refractivity contribution in [1.29, 1.82) is 0 Å². The average molecular weight is 256 g/mol. The van der Waals surface area contributed by atoms with E-state index >= 15 is 0 Å². The third kappa shape index (κ3) is 3.07. The number of amides is 1. The molecule has 1 heterocycles. The lowest BCUT2D eigenvalue weighted by Crippen LogP contribution is -2.29. The van der Waals surface area contributed by atoms with Gasteiger partial charge in [0.15, 0.2) is 5.82 Å². The standard InChI is InChI=1S/C14H15N3O2/c1-3-10-8-9(2)15-13(16-10)11-6-4-5-7-12(11)17-14(18)19/h4-8,17H,3H2,1-2H3,(H,18,19)/p-1. The van der Waals surface area contributed by atoms with Crippen LogP contribution in [0.5, 0.6) is 0 Å². The first kappa shape index (κ1) is 13.0. The number of nitrogens with zero attached hydrogens (tertiary/aromatic N) is 2. The maximum atomic E-state index is 10.7. The second-order valence-corrected chi connectivity index (χ2v) is 4.14. The molecule has 0 atom stereocenters. The molecule has 0 radical (unpaired) electrons. The van der Waals surface area contributed by atoms with Crippen LogP contribution in [0.1, 0.15) is 18.3 Å². The number of anilines is 1. The highest BCUT2D eigenvalue weighted by Gasteiger charge is 2.09. The minimum atomic E-state index is -1.35. The average Bonchev–Trinajstić information content (AvgIpc) is 2.38. The number of rotatable bonds is 3. The molecule has 2 aromatic rings. The lowest BCUT2D eigenvalue weighted by molar-refractivity contribution is -0.242. The van der Waals surface area contributed by atoms with E-state index < -0.39 is 6.09 Å². The Labute approximate surface area is 111 Å². The minimum absolute atomic E-state index is 0.426. The molecule has 19 heavy (non-hydrogen) atoms. The van der Waals surface area contributed by atoms with Gasteiger partial charge in [0.05, 0.1) is 5.69 Å². The Morgan fingerprint density at radius 2 is 2.05 bits per heavy atom. The first-order chi connectivity index (χ1) is 9.10. The lowest BCUT2D eigenvalue weighted by Gasteiger charge is -2.12. The SMILES string of the molecule is CCc1cc(C)nc(-c2ccccc2NC(=O)[O-])n1. The van der Waals surface area contributed by atoms with Crippen molar-refractivity contribution in [1.82, 2.24) is 9.97 Å². The Hall–Kier alpha value is -2.43. The van der Waals surface area contributed by atoms with E-state index in [0.717, 1.165) is 17.8 Å². The maximum absolute atomic E-state index is 10.7. The number of aromatic nitrogens is 2. The van der Waals surface area contributed by atoms with Crippen LogP contribution in [0.2, 0.25) is 0 Å². The fraction of sp³-hybridized carbons (Fsp3) is 0.214. The molecule has 98 valence electrons. The number of nitrogens with one attached hydrogen (secondary N) is 1. The van der Waals surface area contributed by atoms with Gasteiger partial charge in [-0.3, -0.25) is 0 Å². The Morgan fingerprint density at radius 1 is 1.32 bits per heavy atom. The molecule has 5 nitrogen and oxygen atoms in total. The summed E-state index contributed by atoms with van der Waals surface area (Å²) in [5, 5.41) is 12.9. The predicted molar refractivity (Wildman–Crippen MR) is 70.6 cm³/mol. The monoisotopic (exact) mass is 256 g/mol. The van der Waals surface area contributed by atoms with Crippen LogP contribution in [0.25, 0.3) is 11.4 Å². The van der Waals surface area contributed by atoms with Crippen molar-refractivity contribution in [2.75, 3.05) is 5.32 Å². The smallest absolute Gasteiger partial charge is 0.161 e. The van der Waals surface area contributed by atoms with Crippen LogP contribution in [-0.4, -0.2) is 16.1 Å². The number of carbonyl (C=O) groups excluding carboxylic acids is 1. The highest BCUT2D eigenvalue weighted by atomic mass is 16.4. The van der Waals surface area contributed by atoms with Crippen molar-refractivity contribution >= 4 is 11.8 Å². The molecule has 1 amide bonds. The van der Waals surface area contributed by atoms with Crippen molar-refractivity contribution < 1.29 is 9.90 Å². The van der Waals surface area contributed by atoms with Gasteiger partial charge in [-0.05, 0) is 31.5 Å². The van der Waals surface area contributed by atoms with Crippen LogP contribution in [0.15, 0.2) is 30.3 Å². The molecule has 5 heteroatoms. The molecular weight excluding hydrogens is 242 g/mol. The van der Waals surface area contributed by atoms with E-state index in [1.54, 1.807) is 18.2 Å². The maximum Gasteiger partial charge on any atom is 0.161 e. The van der Waals surface area contributed by atoms with Gasteiger partial charge < -0.3 is 15.2 Å². The van der Waals surface area contributed by atoms with Crippen molar-refractivity contribution in [2.45, 2.75) is 20.3 Å². The predicted octanol–water partition coefficient (Wildman–Crippen LogP) is 1.77. The summed E-state index contributed by atoms with van der Waals surface area (Å²) in [5.74, 6) is 0.515. The zero-order valence-electron chi connectivity index (χ0n) is 10.8. The molecule has 0 aliphatic heterocycles. The van der Waals surface area contributed by atoms with E-state index in [0.29, 0.717) is 17.1 Å². The number of benzene rings is 1. The van der Waals surface area contributed by atoms with Gasteiger partial charge in [0.2, 0.25) is 0 Å². The van der Waals surface area contributed by atoms with Gasteiger partial charge in [0, 0.05) is 17.0 Å². The van der Waals surface area contributed by atoms with Gasteiger partial charge in [-0.1, -0.05) is 19.1 Å². The number of para-hydroxylation sites is 1. The summed E-state index contributed by atoms with van der Waals surface area (Å²) in [6.45, 7) is 3.90. The summed E-state index contributed by atoms with van der Waals surface area (Å²) in [5.41, 5.74) is 2.84. The minimum Gasteiger partial charge on any atom is -0.530 e. The number of hydrogen-bond acceptors (Lipinski definition) is 4. The van der Waals surface area contributed by atoms with Crippen LogP contribution in [0, 0.1) is 6.92 Å². The van der Waals surface area contributed by atoms with Gasteiger partial charge in [-0.2, -0.15) is 0 Å². The highest BCUT2D eigenvalue weighted by molar-refractivity contribution is 5.88. The third-order valence-electron chi connectivity index (χ3n) is 2.67. The van der Waals surface area contributed by atoms with E-state index in [1.165, 1.54) is 0 Å². The molecule has 1 aromatic heterocycles. The first-order valence-electron chi connectivity index (χ1n) is 6.02. The molecule has 0 saturated carbocycles. The van der Waals surface area contributed by atoms with Crippen LogP contribution in [0.3, 0.4) is 0 Å². The van der Waals surface area contributed by atoms with Crippen LogP contribution < -0.4 is 10.4 Å². The lowest BCUT2D eigenvalue weighted by atomic mass is 10.1. The van der Waals surface area contributed by atoms with Crippen molar-refractivity contribution in [3.05, 3.63) is 41.7 Å². The van der Waals surface area contributed by atoms with Gasteiger partial charge in [0.25, 0.3) is 0 Å². The fourth-order valence-corrected chi connectivity index (χ4v) is 1.83. The molecule has 0 spiro atoms. The van der Waals surface area contributed by atoms with Gasteiger partial charge in [0.1, 0.15) is 6.09 Å². The summed E-state index contributed by atoms with van der Waals surface area (Å²) < 4.78 is 0. The topological polar surface area (TPSA) is 77.9 Å². The van der Waals surface area contributed by atoms with Crippen molar-refractivity contribution in [3.8, 4) is 11.4 Å². The largest absolute Gasteiger partial charge is 0.530 e. The van der Waals surface area contributed by atoms with Gasteiger partial charge in [-0.25, -0.2) is 9.97 Å². The quantitative estimate of drug-likeness (QED) is 0.907. The molecule has 2 rings (SSSR count). The zero-order chi connectivity index (χ0) is 13.8. The van der Waals surface area contributed by atoms with Gasteiger partial charge in [-0.15, -0.1) is 0 Å². The second-order valence-electron chi connectivity index (χ2n) is 4.14. The Balaban J connectivity index is 2.52. The molecule has 0 unspecified atom stereocenters. The summed E-state index contributed by atoms with van der Waals surface area (Å²) >= 11 is 0. The summed E-state index contributed by atoms with van der Waals surface area (Å²) in [6, 6.07) is 8.90. The van der Waals surface area contributed by atoms with E-state index in [2.05, 4.69) is 15.3 Å². The fourth-order valence-electron chi connectivity index (χ4n) is 1.83. The van der Waals surface area contributed by atoms with Crippen LogP contribution in [-0.2, 0) is 6.42 Å². The molecule has 0 saturated heterocycles. The van der Waals surface area contributed by atoms with Gasteiger partial charge >= 0.3 is 0 Å². The second kappa shape index (κ2) is 5.48. The van der Waals surface area contributed by atoms with E-state index in [9.17, 15) is 9.90 Å². The van der Waals surface area contributed by atoms with Crippen LogP contribution in [0.4, 0.5) is 10.5 Å². The Kier molecular flexibility index (Phi) is 3.75. The number of aryl methyl sites for hydroxylation is 2. The molecule has 0 aliphatic rings. The Bertz CT molecular complexity index is 611. The third-order valence-corrected chi connectivity index (χ3v) is 2.67. The zero-order valence-corrected chi connectivity index (χ0v) is 10.8. The van der Waals surface area contributed by atoms with E-state index in [4.69, 9.17) is 0 Å².